The molecular weight excluding hydrogens is 222 g/mol. The lowest BCUT2D eigenvalue weighted by molar-refractivity contribution is 0.605. The molecule has 0 amide bonds. The van der Waals surface area contributed by atoms with Crippen LogP contribution >= 0.6 is 0 Å². The summed E-state index contributed by atoms with van der Waals surface area (Å²) in [7, 11) is -3.30. The Balaban J connectivity index is 2.82. The summed E-state index contributed by atoms with van der Waals surface area (Å²) in [6.45, 7) is 5.53. The third-order valence-corrected chi connectivity index (χ3v) is 4.28. The molecule has 4 heteroatoms. The average molecular weight is 237 g/mol. The molecule has 0 atom stereocenters. The van der Waals surface area contributed by atoms with E-state index in [9.17, 15) is 8.42 Å². The van der Waals surface area contributed by atoms with E-state index in [4.69, 9.17) is 5.73 Å². The fraction of sp³-hybridized carbons (Fsp3) is 0.333. The monoisotopic (exact) mass is 237 g/mol. The standard InChI is InChI=1S/C12H15NO2S/c1-8-5-4-6-10-11(8)9(12(2,3)13)7-16(10,14)15/h4-7H,13H2,1-3H3. The van der Waals surface area contributed by atoms with Gasteiger partial charge in [-0.2, -0.15) is 0 Å². The molecule has 3 nitrogen and oxygen atoms in total. The van der Waals surface area contributed by atoms with Crippen LogP contribution in [0.2, 0.25) is 0 Å². The first-order valence-electron chi connectivity index (χ1n) is 5.09. The summed E-state index contributed by atoms with van der Waals surface area (Å²) in [6.07, 6.45) is 0. The number of fused-ring (bicyclic) bond motifs is 1. The lowest BCUT2D eigenvalue weighted by Gasteiger charge is -2.22. The number of hydrogen-bond acceptors (Lipinski definition) is 3. The molecule has 2 N–H and O–H groups in total. The zero-order valence-corrected chi connectivity index (χ0v) is 10.4. The minimum atomic E-state index is -3.30. The van der Waals surface area contributed by atoms with Gasteiger partial charge in [-0.15, -0.1) is 0 Å². The van der Waals surface area contributed by atoms with Crippen molar-refractivity contribution in [3.8, 4) is 0 Å². The van der Waals surface area contributed by atoms with Crippen LogP contribution in [0.5, 0.6) is 0 Å². The van der Waals surface area contributed by atoms with E-state index in [1.165, 1.54) is 5.41 Å². The average Bonchev–Trinajstić information content (AvgIpc) is 2.39. The lowest BCUT2D eigenvalue weighted by atomic mass is 9.88. The maximum Gasteiger partial charge on any atom is 0.200 e. The van der Waals surface area contributed by atoms with Crippen LogP contribution < -0.4 is 5.73 Å². The second-order valence-electron chi connectivity index (χ2n) is 4.75. The van der Waals surface area contributed by atoms with E-state index in [1.54, 1.807) is 12.1 Å². The summed E-state index contributed by atoms with van der Waals surface area (Å²) in [4.78, 5) is 0.376. The second kappa shape index (κ2) is 3.18. The van der Waals surface area contributed by atoms with Crippen molar-refractivity contribution in [3.05, 3.63) is 34.7 Å². The SMILES string of the molecule is Cc1cccc2c1C(C(C)(C)N)=CS2(=O)=O. The van der Waals surface area contributed by atoms with Gasteiger partial charge in [0.05, 0.1) is 4.90 Å². The van der Waals surface area contributed by atoms with E-state index >= 15 is 0 Å². The first kappa shape index (κ1) is 11.4. The van der Waals surface area contributed by atoms with Gasteiger partial charge >= 0.3 is 0 Å². The van der Waals surface area contributed by atoms with Gasteiger partial charge in [-0.3, -0.25) is 0 Å². The maximum absolute atomic E-state index is 11.9. The highest BCUT2D eigenvalue weighted by molar-refractivity contribution is 7.95. The molecule has 1 aromatic rings. The van der Waals surface area contributed by atoms with E-state index in [0.29, 0.717) is 10.5 Å². The summed E-state index contributed by atoms with van der Waals surface area (Å²) < 4.78 is 23.9. The van der Waals surface area contributed by atoms with Crippen molar-refractivity contribution in [1.29, 1.82) is 0 Å². The molecule has 0 bridgehead atoms. The van der Waals surface area contributed by atoms with Crippen LogP contribution in [-0.2, 0) is 9.84 Å². The molecule has 16 heavy (non-hydrogen) atoms. The van der Waals surface area contributed by atoms with Crippen LogP contribution in [0.1, 0.15) is 25.0 Å². The molecule has 2 rings (SSSR count). The molecule has 0 aliphatic carbocycles. The lowest BCUT2D eigenvalue weighted by Crippen LogP contribution is -2.33. The van der Waals surface area contributed by atoms with Crippen LogP contribution in [-0.4, -0.2) is 14.0 Å². The quantitative estimate of drug-likeness (QED) is 0.811. The summed E-state index contributed by atoms with van der Waals surface area (Å²) in [5.74, 6) is 0. The molecule has 86 valence electrons. The number of aryl methyl sites for hydroxylation is 1. The van der Waals surface area contributed by atoms with Gasteiger partial charge in [-0.25, -0.2) is 8.42 Å². The smallest absolute Gasteiger partial charge is 0.200 e. The highest BCUT2D eigenvalue weighted by atomic mass is 32.2. The first-order valence-corrected chi connectivity index (χ1v) is 6.64. The molecule has 0 fully saturated rings. The third kappa shape index (κ3) is 1.58. The molecule has 0 saturated carbocycles. The van der Waals surface area contributed by atoms with Crippen LogP contribution in [0.25, 0.3) is 5.57 Å². The van der Waals surface area contributed by atoms with Gasteiger partial charge in [0, 0.05) is 16.5 Å². The van der Waals surface area contributed by atoms with E-state index in [2.05, 4.69) is 0 Å². The van der Waals surface area contributed by atoms with Gasteiger partial charge in [0.25, 0.3) is 0 Å². The van der Waals surface area contributed by atoms with Crippen molar-refractivity contribution in [2.45, 2.75) is 31.2 Å². The van der Waals surface area contributed by atoms with E-state index in [1.807, 2.05) is 26.8 Å². The van der Waals surface area contributed by atoms with Gasteiger partial charge in [-0.1, -0.05) is 12.1 Å². The Hall–Kier alpha value is -1.13. The number of hydrogen-bond donors (Lipinski definition) is 1. The highest BCUT2D eigenvalue weighted by Crippen LogP contribution is 2.39. The van der Waals surface area contributed by atoms with Crippen molar-refractivity contribution >= 4 is 15.4 Å². The Morgan fingerprint density at radius 1 is 1.25 bits per heavy atom. The van der Waals surface area contributed by atoms with E-state index < -0.39 is 15.4 Å². The highest BCUT2D eigenvalue weighted by Gasteiger charge is 2.34. The Morgan fingerprint density at radius 3 is 2.44 bits per heavy atom. The largest absolute Gasteiger partial charge is 0.322 e. The minimum absolute atomic E-state index is 0.376. The fourth-order valence-electron chi connectivity index (χ4n) is 1.97. The van der Waals surface area contributed by atoms with Crippen LogP contribution in [0.3, 0.4) is 0 Å². The first-order chi connectivity index (χ1) is 7.23. The van der Waals surface area contributed by atoms with Crippen molar-refractivity contribution in [1.82, 2.24) is 0 Å². The Bertz CT molecular complexity index is 578. The predicted octanol–water partition coefficient (Wildman–Crippen LogP) is 1.86. The summed E-state index contributed by atoms with van der Waals surface area (Å²) in [5, 5.41) is 1.30. The Kier molecular flexibility index (Phi) is 2.26. The number of nitrogens with two attached hydrogens (primary N) is 1. The van der Waals surface area contributed by atoms with Gasteiger partial charge in [0.2, 0.25) is 9.84 Å². The van der Waals surface area contributed by atoms with Gasteiger partial charge in [0.15, 0.2) is 0 Å². The summed E-state index contributed by atoms with van der Waals surface area (Å²) in [5.41, 5.74) is 7.78. The Labute approximate surface area is 95.9 Å². The molecule has 1 heterocycles. The molecule has 0 unspecified atom stereocenters. The van der Waals surface area contributed by atoms with Crippen molar-refractivity contribution in [2.24, 2.45) is 5.73 Å². The molecule has 0 radical (unpaired) electrons. The summed E-state index contributed by atoms with van der Waals surface area (Å²) in [6, 6.07) is 5.29. The van der Waals surface area contributed by atoms with Crippen molar-refractivity contribution in [3.63, 3.8) is 0 Å². The van der Waals surface area contributed by atoms with E-state index in [0.717, 1.165) is 11.1 Å². The third-order valence-electron chi connectivity index (χ3n) is 2.78. The number of rotatable bonds is 1. The maximum atomic E-state index is 11.9. The van der Waals surface area contributed by atoms with Gasteiger partial charge in [0.1, 0.15) is 0 Å². The predicted molar refractivity (Wildman–Crippen MR) is 64.6 cm³/mol. The zero-order valence-electron chi connectivity index (χ0n) is 9.61. The molecule has 1 aliphatic heterocycles. The van der Waals surface area contributed by atoms with E-state index in [-0.39, 0.29) is 0 Å². The van der Waals surface area contributed by atoms with Crippen LogP contribution in [0.4, 0.5) is 0 Å². The molecular formula is C12H15NO2S. The molecule has 1 aliphatic rings. The second-order valence-corrected chi connectivity index (χ2v) is 6.51. The normalized spacial score (nSPS) is 18.1. The molecule has 0 spiro atoms. The molecule has 1 aromatic carbocycles. The topological polar surface area (TPSA) is 60.2 Å². The van der Waals surface area contributed by atoms with Crippen LogP contribution in [0.15, 0.2) is 28.5 Å². The number of sulfone groups is 1. The van der Waals surface area contributed by atoms with Crippen molar-refractivity contribution in [2.75, 3.05) is 0 Å². The van der Waals surface area contributed by atoms with Crippen molar-refractivity contribution < 1.29 is 8.42 Å². The molecule has 0 aromatic heterocycles. The molecule has 0 saturated heterocycles. The Morgan fingerprint density at radius 2 is 1.88 bits per heavy atom. The fourth-order valence-corrected chi connectivity index (χ4v) is 3.66. The minimum Gasteiger partial charge on any atom is -0.322 e. The van der Waals surface area contributed by atoms with Gasteiger partial charge in [-0.05, 0) is 38.0 Å². The van der Waals surface area contributed by atoms with Gasteiger partial charge < -0.3 is 5.73 Å². The summed E-state index contributed by atoms with van der Waals surface area (Å²) >= 11 is 0. The van der Waals surface area contributed by atoms with Crippen LogP contribution in [0, 0.1) is 6.92 Å². The number of benzene rings is 1. The zero-order chi connectivity index (χ0) is 12.1.